The normalized spacial score (nSPS) is 22.4. The summed E-state index contributed by atoms with van der Waals surface area (Å²) in [7, 11) is 0. The Kier molecular flexibility index (Phi) is 3.59. The highest BCUT2D eigenvalue weighted by atomic mass is 32.2. The van der Waals surface area contributed by atoms with Crippen LogP contribution in [0.15, 0.2) is 18.2 Å². The topological polar surface area (TPSA) is 12.0 Å². The Morgan fingerprint density at radius 3 is 3.00 bits per heavy atom. The molecule has 1 atom stereocenters. The van der Waals surface area contributed by atoms with Crippen molar-refractivity contribution in [2.75, 3.05) is 18.8 Å². The van der Waals surface area contributed by atoms with Crippen LogP contribution >= 0.6 is 11.8 Å². The van der Waals surface area contributed by atoms with E-state index in [-0.39, 0.29) is 16.9 Å². The first kappa shape index (κ1) is 10.9. The Morgan fingerprint density at radius 2 is 2.13 bits per heavy atom. The van der Waals surface area contributed by atoms with E-state index in [2.05, 4.69) is 5.32 Å². The maximum atomic E-state index is 13.5. The van der Waals surface area contributed by atoms with E-state index < -0.39 is 0 Å². The average Bonchev–Trinajstić information content (AvgIpc) is 2.50. The summed E-state index contributed by atoms with van der Waals surface area (Å²) in [6.07, 6.45) is 0.852. The molecule has 1 aliphatic heterocycles. The average molecular weight is 229 g/mol. The minimum Gasteiger partial charge on any atom is -0.316 e. The quantitative estimate of drug-likeness (QED) is 0.794. The monoisotopic (exact) mass is 229 g/mol. The molecule has 1 aromatic rings. The molecule has 1 aromatic carbocycles. The van der Waals surface area contributed by atoms with E-state index in [1.165, 1.54) is 18.2 Å². The molecule has 1 N–H and O–H groups in total. The number of benzene rings is 1. The summed E-state index contributed by atoms with van der Waals surface area (Å²) in [4.78, 5) is 0. The van der Waals surface area contributed by atoms with E-state index in [1.807, 2.05) is 0 Å². The minimum atomic E-state index is -0.357. The van der Waals surface area contributed by atoms with Crippen molar-refractivity contribution in [3.63, 3.8) is 0 Å². The second-order valence-corrected chi connectivity index (χ2v) is 4.87. The molecular formula is C11H13F2NS. The molecule has 1 saturated heterocycles. The third kappa shape index (κ3) is 2.69. The van der Waals surface area contributed by atoms with Gasteiger partial charge in [0, 0.05) is 23.1 Å². The standard InChI is InChI=1S/C11H13F2NS/c12-8-1-2-10(13)9(7-8)11-3-4-14-5-6-15-11/h1-2,7,11,14H,3-6H2. The first-order valence-corrected chi connectivity index (χ1v) is 6.09. The molecule has 1 nitrogen and oxygen atoms in total. The predicted octanol–water partition coefficient (Wildman–Crippen LogP) is 2.73. The number of halogens is 2. The highest BCUT2D eigenvalue weighted by Gasteiger charge is 2.18. The van der Waals surface area contributed by atoms with Crippen molar-refractivity contribution in [1.29, 1.82) is 0 Å². The van der Waals surface area contributed by atoms with Gasteiger partial charge in [0.15, 0.2) is 0 Å². The van der Waals surface area contributed by atoms with Crippen LogP contribution in [-0.4, -0.2) is 18.8 Å². The molecule has 2 rings (SSSR count). The van der Waals surface area contributed by atoms with Crippen LogP contribution in [0.2, 0.25) is 0 Å². The molecule has 4 heteroatoms. The van der Waals surface area contributed by atoms with Gasteiger partial charge >= 0.3 is 0 Å². The molecule has 1 unspecified atom stereocenters. The van der Waals surface area contributed by atoms with Crippen molar-refractivity contribution in [3.05, 3.63) is 35.4 Å². The Labute approximate surface area is 92.3 Å². The van der Waals surface area contributed by atoms with Crippen LogP contribution < -0.4 is 5.32 Å². The smallest absolute Gasteiger partial charge is 0.127 e. The summed E-state index contributed by atoms with van der Waals surface area (Å²) in [6.45, 7) is 1.81. The van der Waals surface area contributed by atoms with Crippen molar-refractivity contribution in [1.82, 2.24) is 5.32 Å². The van der Waals surface area contributed by atoms with E-state index >= 15 is 0 Å². The van der Waals surface area contributed by atoms with E-state index in [4.69, 9.17) is 0 Å². The van der Waals surface area contributed by atoms with Gasteiger partial charge < -0.3 is 5.32 Å². The molecule has 0 saturated carbocycles. The Balaban J connectivity index is 2.22. The fourth-order valence-corrected chi connectivity index (χ4v) is 2.91. The third-order valence-corrected chi connectivity index (χ3v) is 3.82. The van der Waals surface area contributed by atoms with Gasteiger partial charge in [0.05, 0.1) is 0 Å². The fourth-order valence-electron chi connectivity index (χ4n) is 1.72. The largest absolute Gasteiger partial charge is 0.316 e. The van der Waals surface area contributed by atoms with Gasteiger partial charge in [0.25, 0.3) is 0 Å². The van der Waals surface area contributed by atoms with Crippen LogP contribution in [0.25, 0.3) is 0 Å². The van der Waals surface area contributed by atoms with Crippen LogP contribution in [0, 0.1) is 11.6 Å². The van der Waals surface area contributed by atoms with Gasteiger partial charge in [0.1, 0.15) is 11.6 Å². The lowest BCUT2D eigenvalue weighted by molar-refractivity contribution is 0.576. The van der Waals surface area contributed by atoms with E-state index in [9.17, 15) is 8.78 Å². The van der Waals surface area contributed by atoms with Crippen LogP contribution in [0.4, 0.5) is 8.78 Å². The SMILES string of the molecule is Fc1ccc(F)c(C2CCNCCS2)c1. The zero-order valence-electron chi connectivity index (χ0n) is 8.30. The highest BCUT2D eigenvalue weighted by molar-refractivity contribution is 7.99. The maximum absolute atomic E-state index is 13.5. The molecule has 0 bridgehead atoms. The first-order chi connectivity index (χ1) is 7.27. The molecule has 0 radical (unpaired) electrons. The Bertz CT molecular complexity index is 335. The van der Waals surface area contributed by atoms with Gasteiger partial charge in [-0.1, -0.05) is 0 Å². The van der Waals surface area contributed by atoms with Crippen LogP contribution in [0.5, 0.6) is 0 Å². The summed E-state index contributed by atoms with van der Waals surface area (Å²) in [5.41, 5.74) is 0.503. The summed E-state index contributed by atoms with van der Waals surface area (Å²) < 4.78 is 26.5. The molecule has 0 aromatic heterocycles. The van der Waals surface area contributed by atoms with Gasteiger partial charge in [0.2, 0.25) is 0 Å². The van der Waals surface area contributed by atoms with Crippen LogP contribution in [0.1, 0.15) is 17.2 Å². The van der Waals surface area contributed by atoms with E-state index in [1.54, 1.807) is 11.8 Å². The van der Waals surface area contributed by atoms with Crippen molar-refractivity contribution >= 4 is 11.8 Å². The lowest BCUT2D eigenvalue weighted by Gasteiger charge is -2.14. The molecular weight excluding hydrogens is 216 g/mol. The number of hydrogen-bond donors (Lipinski definition) is 1. The first-order valence-electron chi connectivity index (χ1n) is 5.04. The zero-order valence-corrected chi connectivity index (χ0v) is 9.12. The van der Waals surface area contributed by atoms with Gasteiger partial charge in [-0.05, 0) is 31.2 Å². The van der Waals surface area contributed by atoms with Gasteiger partial charge in [-0.25, -0.2) is 8.78 Å². The van der Waals surface area contributed by atoms with Gasteiger partial charge in [-0.15, -0.1) is 0 Å². The molecule has 1 fully saturated rings. The molecule has 1 aliphatic rings. The molecule has 1 heterocycles. The summed E-state index contributed by atoms with van der Waals surface area (Å²) in [5, 5.41) is 3.32. The number of nitrogens with one attached hydrogen (secondary N) is 1. The Morgan fingerprint density at radius 1 is 1.27 bits per heavy atom. The summed E-state index contributed by atoms with van der Waals surface area (Å²) >= 11 is 1.69. The molecule has 0 aliphatic carbocycles. The van der Waals surface area contributed by atoms with E-state index in [0.717, 1.165) is 25.3 Å². The predicted molar refractivity (Wildman–Crippen MR) is 59.0 cm³/mol. The van der Waals surface area contributed by atoms with Crippen molar-refractivity contribution in [2.45, 2.75) is 11.7 Å². The molecule has 0 amide bonds. The number of hydrogen-bond acceptors (Lipinski definition) is 2. The van der Waals surface area contributed by atoms with Crippen molar-refractivity contribution < 1.29 is 8.78 Å². The molecule has 15 heavy (non-hydrogen) atoms. The summed E-state index contributed by atoms with van der Waals surface area (Å²) in [5.74, 6) is 0.292. The van der Waals surface area contributed by atoms with Crippen molar-refractivity contribution in [3.8, 4) is 0 Å². The second-order valence-electron chi connectivity index (χ2n) is 3.56. The second kappa shape index (κ2) is 4.94. The zero-order chi connectivity index (χ0) is 10.7. The van der Waals surface area contributed by atoms with Crippen LogP contribution in [0.3, 0.4) is 0 Å². The minimum absolute atomic E-state index is 0.0794. The van der Waals surface area contributed by atoms with Gasteiger partial charge in [-0.3, -0.25) is 0 Å². The van der Waals surface area contributed by atoms with Crippen LogP contribution in [-0.2, 0) is 0 Å². The fraction of sp³-hybridized carbons (Fsp3) is 0.455. The number of thioether (sulfide) groups is 1. The molecule has 82 valence electrons. The van der Waals surface area contributed by atoms with E-state index in [0.29, 0.717) is 5.56 Å². The summed E-state index contributed by atoms with van der Waals surface area (Å²) in [6, 6.07) is 3.69. The highest BCUT2D eigenvalue weighted by Crippen LogP contribution is 2.34. The molecule has 0 spiro atoms. The van der Waals surface area contributed by atoms with Gasteiger partial charge in [-0.2, -0.15) is 11.8 Å². The third-order valence-electron chi connectivity index (χ3n) is 2.49. The lowest BCUT2D eigenvalue weighted by Crippen LogP contribution is -2.15. The van der Waals surface area contributed by atoms with Crippen molar-refractivity contribution in [2.24, 2.45) is 0 Å². The number of rotatable bonds is 1. The maximum Gasteiger partial charge on any atom is 0.127 e. The Hall–Kier alpha value is -0.610. The lowest BCUT2D eigenvalue weighted by atomic mass is 10.1.